The van der Waals surface area contributed by atoms with Crippen molar-refractivity contribution in [2.75, 3.05) is 13.7 Å². The number of methoxy groups -OCH3 is 1. The van der Waals surface area contributed by atoms with Crippen molar-refractivity contribution in [3.05, 3.63) is 30.0 Å². The zero-order chi connectivity index (χ0) is 14.0. The lowest BCUT2D eigenvalue weighted by Gasteiger charge is -2.29. The van der Waals surface area contributed by atoms with Crippen molar-refractivity contribution in [3.8, 4) is 5.75 Å². The summed E-state index contributed by atoms with van der Waals surface area (Å²) in [5.41, 5.74) is 0.920. The molecule has 1 unspecified atom stereocenters. The van der Waals surface area contributed by atoms with E-state index in [-0.39, 0.29) is 11.5 Å². The molecule has 0 aliphatic rings. The number of ether oxygens (including phenoxy) is 1. The fourth-order valence-electron chi connectivity index (χ4n) is 2.40. The van der Waals surface area contributed by atoms with E-state index in [4.69, 9.17) is 9.15 Å². The van der Waals surface area contributed by atoms with Crippen LogP contribution in [0.15, 0.2) is 28.7 Å². The highest BCUT2D eigenvalue weighted by Gasteiger charge is 2.28. The Morgan fingerprint density at radius 1 is 1.32 bits per heavy atom. The maximum absolute atomic E-state index is 6.04. The summed E-state index contributed by atoms with van der Waals surface area (Å²) in [5, 5.41) is 4.59. The zero-order valence-electron chi connectivity index (χ0n) is 12.4. The molecule has 0 radical (unpaired) electrons. The number of fused-ring (bicyclic) bond motifs is 1. The minimum absolute atomic E-state index is 0.0944. The molecule has 2 aromatic rings. The van der Waals surface area contributed by atoms with Crippen molar-refractivity contribution >= 4 is 11.0 Å². The molecule has 1 heterocycles. The molecule has 3 nitrogen and oxygen atoms in total. The lowest BCUT2D eigenvalue weighted by molar-refractivity contribution is 0.244. The van der Waals surface area contributed by atoms with Gasteiger partial charge in [-0.1, -0.05) is 39.8 Å². The summed E-state index contributed by atoms with van der Waals surface area (Å²) in [4.78, 5) is 0. The molecule has 0 fully saturated rings. The second-order valence-electron chi connectivity index (χ2n) is 5.88. The molecule has 1 atom stereocenters. The molecule has 104 valence electrons. The van der Waals surface area contributed by atoms with Crippen LogP contribution in [-0.2, 0) is 0 Å². The first kappa shape index (κ1) is 13.9. The van der Waals surface area contributed by atoms with E-state index in [0.717, 1.165) is 29.0 Å². The third-order valence-electron chi connectivity index (χ3n) is 3.31. The van der Waals surface area contributed by atoms with Gasteiger partial charge in [0.05, 0.1) is 13.2 Å². The van der Waals surface area contributed by atoms with E-state index >= 15 is 0 Å². The number of nitrogens with one attached hydrogen (secondary N) is 1. The van der Waals surface area contributed by atoms with Crippen molar-refractivity contribution in [2.24, 2.45) is 5.41 Å². The molecule has 0 spiro atoms. The quantitative estimate of drug-likeness (QED) is 0.898. The van der Waals surface area contributed by atoms with Crippen LogP contribution in [-0.4, -0.2) is 13.7 Å². The summed E-state index contributed by atoms with van der Waals surface area (Å²) < 4.78 is 11.4. The highest BCUT2D eigenvalue weighted by Crippen LogP contribution is 2.37. The SMILES string of the molecule is CCNC(c1cc2cccc(OC)c2o1)C(C)(C)C. The van der Waals surface area contributed by atoms with E-state index in [1.54, 1.807) is 7.11 Å². The molecule has 19 heavy (non-hydrogen) atoms. The third-order valence-corrected chi connectivity index (χ3v) is 3.31. The summed E-state index contributed by atoms with van der Waals surface area (Å²) in [5.74, 6) is 1.75. The summed E-state index contributed by atoms with van der Waals surface area (Å²) >= 11 is 0. The molecule has 0 saturated heterocycles. The average Bonchev–Trinajstić information content (AvgIpc) is 2.77. The van der Waals surface area contributed by atoms with Crippen molar-refractivity contribution in [1.82, 2.24) is 5.32 Å². The Morgan fingerprint density at radius 2 is 2.05 bits per heavy atom. The van der Waals surface area contributed by atoms with Crippen molar-refractivity contribution in [1.29, 1.82) is 0 Å². The monoisotopic (exact) mass is 261 g/mol. The lowest BCUT2D eigenvalue weighted by atomic mass is 9.85. The van der Waals surface area contributed by atoms with Gasteiger partial charge in [-0.05, 0) is 24.1 Å². The molecule has 1 aromatic carbocycles. The Morgan fingerprint density at radius 3 is 2.63 bits per heavy atom. The van der Waals surface area contributed by atoms with E-state index in [1.807, 2.05) is 12.1 Å². The number of benzene rings is 1. The minimum atomic E-state index is 0.0944. The molecule has 1 N–H and O–H groups in total. The first-order valence-corrected chi connectivity index (χ1v) is 6.77. The smallest absolute Gasteiger partial charge is 0.176 e. The molecule has 0 amide bonds. The van der Waals surface area contributed by atoms with Gasteiger partial charge in [-0.3, -0.25) is 0 Å². The van der Waals surface area contributed by atoms with Crippen LogP contribution < -0.4 is 10.1 Å². The fourth-order valence-corrected chi connectivity index (χ4v) is 2.40. The van der Waals surface area contributed by atoms with Gasteiger partial charge < -0.3 is 14.5 Å². The molecular formula is C16H23NO2. The van der Waals surface area contributed by atoms with Crippen LogP contribution in [0, 0.1) is 5.41 Å². The Labute approximate surface area is 114 Å². The Hall–Kier alpha value is -1.48. The van der Waals surface area contributed by atoms with Crippen LogP contribution in [0.25, 0.3) is 11.0 Å². The molecule has 0 saturated carbocycles. The van der Waals surface area contributed by atoms with Gasteiger partial charge >= 0.3 is 0 Å². The van der Waals surface area contributed by atoms with E-state index in [9.17, 15) is 0 Å². The van der Waals surface area contributed by atoms with E-state index in [0.29, 0.717) is 0 Å². The normalized spacial score (nSPS) is 13.7. The molecule has 0 aliphatic heterocycles. The van der Waals surface area contributed by atoms with Gasteiger partial charge in [0.15, 0.2) is 11.3 Å². The largest absolute Gasteiger partial charge is 0.493 e. The van der Waals surface area contributed by atoms with E-state index in [1.165, 1.54) is 0 Å². The van der Waals surface area contributed by atoms with E-state index in [2.05, 4.69) is 45.1 Å². The van der Waals surface area contributed by atoms with E-state index < -0.39 is 0 Å². The maximum Gasteiger partial charge on any atom is 0.176 e. The van der Waals surface area contributed by atoms with Gasteiger partial charge in [0.2, 0.25) is 0 Å². The van der Waals surface area contributed by atoms with Crippen molar-refractivity contribution in [2.45, 2.75) is 33.7 Å². The van der Waals surface area contributed by atoms with Crippen LogP contribution in [0.1, 0.15) is 39.5 Å². The maximum atomic E-state index is 6.04. The second kappa shape index (κ2) is 5.25. The first-order valence-electron chi connectivity index (χ1n) is 6.77. The van der Waals surface area contributed by atoms with Gasteiger partial charge in [0, 0.05) is 5.39 Å². The molecular weight excluding hydrogens is 238 g/mol. The highest BCUT2D eigenvalue weighted by atomic mass is 16.5. The predicted octanol–water partition coefficient (Wildman–Crippen LogP) is 4.14. The number of para-hydroxylation sites is 1. The number of furan rings is 1. The summed E-state index contributed by atoms with van der Waals surface area (Å²) in [6.07, 6.45) is 0. The summed E-state index contributed by atoms with van der Waals surface area (Å²) in [6.45, 7) is 9.67. The van der Waals surface area contributed by atoms with Crippen LogP contribution in [0.3, 0.4) is 0 Å². The zero-order valence-corrected chi connectivity index (χ0v) is 12.4. The molecule has 0 bridgehead atoms. The summed E-state index contributed by atoms with van der Waals surface area (Å²) in [7, 11) is 1.67. The Bertz CT molecular complexity index is 551. The van der Waals surface area contributed by atoms with Crippen LogP contribution in [0.5, 0.6) is 5.75 Å². The van der Waals surface area contributed by atoms with Gasteiger partial charge in [-0.2, -0.15) is 0 Å². The van der Waals surface area contributed by atoms with Crippen molar-refractivity contribution < 1.29 is 9.15 Å². The average molecular weight is 261 g/mol. The lowest BCUT2D eigenvalue weighted by Crippen LogP contribution is -2.31. The number of hydrogen-bond acceptors (Lipinski definition) is 3. The highest BCUT2D eigenvalue weighted by molar-refractivity contribution is 5.83. The fraction of sp³-hybridized carbons (Fsp3) is 0.500. The third kappa shape index (κ3) is 2.76. The first-order chi connectivity index (χ1) is 8.97. The molecule has 3 heteroatoms. The Balaban J connectivity index is 2.49. The molecule has 1 aromatic heterocycles. The molecule has 2 rings (SSSR count). The van der Waals surface area contributed by atoms with Crippen LogP contribution in [0.2, 0.25) is 0 Å². The predicted molar refractivity (Wildman–Crippen MR) is 78.6 cm³/mol. The number of hydrogen-bond donors (Lipinski definition) is 1. The Kier molecular flexibility index (Phi) is 3.85. The molecule has 0 aliphatic carbocycles. The van der Waals surface area contributed by atoms with Crippen LogP contribution in [0.4, 0.5) is 0 Å². The second-order valence-corrected chi connectivity index (χ2v) is 5.88. The topological polar surface area (TPSA) is 34.4 Å². The van der Waals surface area contributed by atoms with Gasteiger partial charge in [0.1, 0.15) is 5.76 Å². The number of rotatable bonds is 4. The summed E-state index contributed by atoms with van der Waals surface area (Å²) in [6, 6.07) is 8.26. The van der Waals surface area contributed by atoms with Gasteiger partial charge in [0.25, 0.3) is 0 Å². The van der Waals surface area contributed by atoms with Gasteiger partial charge in [-0.15, -0.1) is 0 Å². The van der Waals surface area contributed by atoms with Gasteiger partial charge in [-0.25, -0.2) is 0 Å². The minimum Gasteiger partial charge on any atom is -0.493 e. The standard InChI is InChI=1S/C16H23NO2/c1-6-17-15(16(2,3)4)13-10-11-8-7-9-12(18-5)14(11)19-13/h7-10,15,17H,6H2,1-5H3. The van der Waals surface area contributed by atoms with Crippen molar-refractivity contribution in [3.63, 3.8) is 0 Å². The van der Waals surface area contributed by atoms with Crippen LogP contribution >= 0.6 is 0 Å².